The SMILES string of the molecule is CCCn1c(=O)n(CCC(=O)N2CCC(N)C(C)(C)C2)c2ccccc21. The molecule has 2 heterocycles. The molecular weight excluding hydrogens is 328 g/mol. The van der Waals surface area contributed by atoms with E-state index in [1.54, 1.807) is 4.57 Å². The van der Waals surface area contributed by atoms with Gasteiger partial charge in [0.15, 0.2) is 0 Å². The summed E-state index contributed by atoms with van der Waals surface area (Å²) in [5.74, 6) is 0.101. The zero-order chi connectivity index (χ0) is 18.9. The summed E-state index contributed by atoms with van der Waals surface area (Å²) in [5.41, 5.74) is 7.92. The van der Waals surface area contributed by atoms with Gasteiger partial charge in [0, 0.05) is 38.6 Å². The Hall–Kier alpha value is -2.08. The first-order valence-corrected chi connectivity index (χ1v) is 9.56. The van der Waals surface area contributed by atoms with Gasteiger partial charge in [0.25, 0.3) is 0 Å². The number of aromatic nitrogens is 2. The second-order valence-electron chi connectivity index (χ2n) is 8.02. The van der Waals surface area contributed by atoms with Gasteiger partial charge >= 0.3 is 5.69 Å². The van der Waals surface area contributed by atoms with Gasteiger partial charge in [-0.2, -0.15) is 0 Å². The molecule has 1 aromatic heterocycles. The minimum absolute atomic E-state index is 0.0261. The van der Waals surface area contributed by atoms with Crippen molar-refractivity contribution in [2.45, 2.75) is 59.2 Å². The molecule has 1 aliphatic heterocycles. The van der Waals surface area contributed by atoms with E-state index in [4.69, 9.17) is 5.73 Å². The van der Waals surface area contributed by atoms with Gasteiger partial charge in [-0.25, -0.2) is 4.79 Å². The first-order chi connectivity index (χ1) is 12.3. The maximum absolute atomic E-state index is 12.8. The number of rotatable bonds is 5. The highest BCUT2D eigenvalue weighted by molar-refractivity contribution is 5.78. The molecule has 0 bridgehead atoms. The third-order valence-corrected chi connectivity index (χ3v) is 5.59. The summed E-state index contributed by atoms with van der Waals surface area (Å²) in [6.45, 7) is 8.77. The number of nitrogens with two attached hydrogens (primary N) is 1. The average Bonchev–Trinajstić information content (AvgIpc) is 2.87. The summed E-state index contributed by atoms with van der Waals surface area (Å²) in [6.07, 6.45) is 2.07. The van der Waals surface area contributed by atoms with Crippen molar-refractivity contribution in [1.82, 2.24) is 14.0 Å². The molecule has 6 heteroatoms. The highest BCUT2D eigenvalue weighted by Crippen LogP contribution is 2.28. The van der Waals surface area contributed by atoms with Crippen molar-refractivity contribution >= 4 is 16.9 Å². The fourth-order valence-electron chi connectivity index (χ4n) is 3.88. The molecule has 142 valence electrons. The van der Waals surface area contributed by atoms with Crippen molar-refractivity contribution in [2.75, 3.05) is 13.1 Å². The lowest BCUT2D eigenvalue weighted by atomic mass is 9.79. The van der Waals surface area contributed by atoms with Crippen LogP contribution < -0.4 is 11.4 Å². The lowest BCUT2D eigenvalue weighted by Gasteiger charge is -2.42. The Kier molecular flexibility index (Phi) is 5.23. The summed E-state index contributed by atoms with van der Waals surface area (Å²) < 4.78 is 3.55. The Bertz CT molecular complexity index is 849. The fourth-order valence-corrected chi connectivity index (χ4v) is 3.88. The molecule has 26 heavy (non-hydrogen) atoms. The van der Waals surface area contributed by atoms with Gasteiger partial charge < -0.3 is 10.6 Å². The number of likely N-dealkylation sites (tertiary alicyclic amines) is 1. The van der Waals surface area contributed by atoms with E-state index in [2.05, 4.69) is 20.8 Å². The zero-order valence-electron chi connectivity index (χ0n) is 16.1. The maximum atomic E-state index is 12.8. The fraction of sp³-hybridized carbons (Fsp3) is 0.600. The quantitative estimate of drug-likeness (QED) is 0.890. The van der Waals surface area contributed by atoms with Crippen molar-refractivity contribution in [3.63, 3.8) is 0 Å². The number of piperidine rings is 1. The number of hydrogen-bond acceptors (Lipinski definition) is 3. The molecular formula is C20H30N4O2. The second kappa shape index (κ2) is 7.27. The number of para-hydroxylation sites is 2. The standard InChI is InChI=1S/C20H30N4O2/c1-4-11-23-15-7-5-6-8-16(15)24(19(23)26)13-10-18(25)22-12-9-17(21)20(2,3)14-22/h5-8,17H,4,9-14,21H2,1-3H3. The second-order valence-corrected chi connectivity index (χ2v) is 8.02. The van der Waals surface area contributed by atoms with Crippen molar-refractivity contribution in [2.24, 2.45) is 11.1 Å². The smallest absolute Gasteiger partial charge is 0.329 e. The molecule has 1 amide bonds. The molecule has 0 aliphatic carbocycles. The van der Waals surface area contributed by atoms with Crippen molar-refractivity contribution in [3.05, 3.63) is 34.7 Å². The van der Waals surface area contributed by atoms with E-state index in [0.29, 0.717) is 32.6 Å². The molecule has 0 saturated carbocycles. The van der Waals surface area contributed by atoms with Gasteiger partial charge in [-0.05, 0) is 30.4 Å². The van der Waals surface area contributed by atoms with Gasteiger partial charge in [-0.15, -0.1) is 0 Å². The summed E-state index contributed by atoms with van der Waals surface area (Å²) in [4.78, 5) is 27.4. The van der Waals surface area contributed by atoms with Crippen LogP contribution in [0, 0.1) is 5.41 Å². The van der Waals surface area contributed by atoms with Crippen molar-refractivity contribution in [3.8, 4) is 0 Å². The van der Waals surface area contributed by atoms with Crippen molar-refractivity contribution in [1.29, 1.82) is 0 Å². The molecule has 2 N–H and O–H groups in total. The van der Waals surface area contributed by atoms with E-state index < -0.39 is 0 Å². The Labute approximate surface area is 154 Å². The number of benzene rings is 1. The van der Waals surface area contributed by atoms with Gasteiger partial charge in [0.1, 0.15) is 0 Å². The average molecular weight is 358 g/mol. The Morgan fingerprint density at radius 3 is 2.38 bits per heavy atom. The normalized spacial score (nSPS) is 19.8. The van der Waals surface area contributed by atoms with Crippen LogP contribution in [0.1, 0.15) is 40.0 Å². The van der Waals surface area contributed by atoms with E-state index in [9.17, 15) is 9.59 Å². The lowest BCUT2D eigenvalue weighted by Crippen LogP contribution is -2.54. The number of imidazole rings is 1. The third-order valence-electron chi connectivity index (χ3n) is 5.59. The summed E-state index contributed by atoms with van der Waals surface area (Å²) in [7, 11) is 0. The summed E-state index contributed by atoms with van der Waals surface area (Å²) in [6, 6.07) is 7.93. The number of fused-ring (bicyclic) bond motifs is 1. The van der Waals surface area contributed by atoms with Gasteiger partial charge in [0.05, 0.1) is 11.0 Å². The minimum atomic E-state index is -0.0676. The molecule has 1 aliphatic rings. The summed E-state index contributed by atoms with van der Waals surface area (Å²) >= 11 is 0. The first-order valence-electron chi connectivity index (χ1n) is 9.56. The minimum Gasteiger partial charge on any atom is -0.342 e. The molecule has 1 aromatic carbocycles. The van der Waals surface area contributed by atoms with Crippen LogP contribution in [0.4, 0.5) is 0 Å². The van der Waals surface area contributed by atoms with Crippen LogP contribution in [0.15, 0.2) is 29.1 Å². The lowest BCUT2D eigenvalue weighted by molar-refractivity contribution is -0.134. The molecule has 6 nitrogen and oxygen atoms in total. The van der Waals surface area contributed by atoms with Crippen LogP contribution in [0.2, 0.25) is 0 Å². The third kappa shape index (κ3) is 3.43. The van der Waals surface area contributed by atoms with Gasteiger partial charge in [0.2, 0.25) is 5.91 Å². The molecule has 3 rings (SSSR count). The van der Waals surface area contributed by atoms with Gasteiger partial charge in [-0.3, -0.25) is 13.9 Å². The molecule has 0 spiro atoms. The number of aryl methyl sites for hydroxylation is 2. The Balaban J connectivity index is 1.77. The number of hydrogen-bond donors (Lipinski definition) is 1. The van der Waals surface area contributed by atoms with Gasteiger partial charge in [-0.1, -0.05) is 32.9 Å². The number of carbonyl (C=O) groups excluding carboxylic acids is 1. The van der Waals surface area contributed by atoms with Crippen LogP contribution in [0.25, 0.3) is 11.0 Å². The van der Waals surface area contributed by atoms with E-state index in [0.717, 1.165) is 23.9 Å². The number of nitrogens with zero attached hydrogens (tertiary/aromatic N) is 3. The number of amides is 1. The van der Waals surface area contributed by atoms with Crippen LogP contribution in [0.3, 0.4) is 0 Å². The predicted molar refractivity (Wildman–Crippen MR) is 104 cm³/mol. The van der Waals surface area contributed by atoms with Crippen molar-refractivity contribution < 1.29 is 4.79 Å². The maximum Gasteiger partial charge on any atom is 0.329 e. The monoisotopic (exact) mass is 358 g/mol. The Morgan fingerprint density at radius 1 is 1.19 bits per heavy atom. The van der Waals surface area contributed by atoms with E-state index in [-0.39, 0.29) is 23.1 Å². The molecule has 1 unspecified atom stereocenters. The largest absolute Gasteiger partial charge is 0.342 e. The highest BCUT2D eigenvalue weighted by Gasteiger charge is 2.35. The number of carbonyl (C=O) groups is 1. The topological polar surface area (TPSA) is 73.3 Å². The molecule has 1 saturated heterocycles. The van der Waals surface area contributed by atoms with Crippen LogP contribution >= 0.6 is 0 Å². The highest BCUT2D eigenvalue weighted by atomic mass is 16.2. The van der Waals surface area contributed by atoms with Crippen LogP contribution in [-0.2, 0) is 17.9 Å². The molecule has 1 fully saturated rings. The molecule has 0 radical (unpaired) electrons. The summed E-state index contributed by atoms with van der Waals surface area (Å²) in [5, 5.41) is 0. The molecule has 2 aromatic rings. The zero-order valence-corrected chi connectivity index (χ0v) is 16.1. The van der Waals surface area contributed by atoms with E-state index >= 15 is 0 Å². The van der Waals surface area contributed by atoms with Crippen LogP contribution in [-0.4, -0.2) is 39.1 Å². The first kappa shape index (κ1) is 18.7. The molecule has 1 atom stereocenters. The van der Waals surface area contributed by atoms with E-state index in [1.165, 1.54) is 0 Å². The van der Waals surface area contributed by atoms with E-state index in [1.807, 2.05) is 33.7 Å². The van der Waals surface area contributed by atoms with Crippen LogP contribution in [0.5, 0.6) is 0 Å². The predicted octanol–water partition coefficient (Wildman–Crippen LogP) is 2.19. The Morgan fingerprint density at radius 2 is 1.81 bits per heavy atom.